The molecule has 0 saturated carbocycles. The molecule has 0 saturated heterocycles. The number of aromatic amines is 1. The molecular weight excluding hydrogens is 320 g/mol. The molecular formula is C18H18N4O3. The molecule has 3 rings (SSSR count). The highest BCUT2D eigenvalue weighted by Crippen LogP contribution is 2.25. The van der Waals surface area contributed by atoms with Crippen molar-refractivity contribution in [2.24, 2.45) is 0 Å². The van der Waals surface area contributed by atoms with Crippen LogP contribution in [0.3, 0.4) is 0 Å². The second-order valence-corrected chi connectivity index (χ2v) is 6.84. The fraction of sp³-hybridized carbons (Fsp3) is 0.222. The number of carbonyl (C=O) groups excluding carboxylic acids is 1. The first-order valence-electron chi connectivity index (χ1n) is 7.80. The summed E-state index contributed by atoms with van der Waals surface area (Å²) in [6, 6.07) is 11.8. The lowest BCUT2D eigenvalue weighted by atomic mass is 9.87. The van der Waals surface area contributed by atoms with Crippen LogP contribution < -0.4 is 5.32 Å². The maximum absolute atomic E-state index is 12.5. The van der Waals surface area contributed by atoms with Crippen molar-refractivity contribution in [3.8, 4) is 0 Å². The molecule has 0 fully saturated rings. The van der Waals surface area contributed by atoms with Gasteiger partial charge in [-0.1, -0.05) is 32.9 Å². The summed E-state index contributed by atoms with van der Waals surface area (Å²) in [6.07, 6.45) is 0. The lowest BCUT2D eigenvalue weighted by Gasteiger charge is -2.19. The molecule has 1 aromatic heterocycles. The van der Waals surface area contributed by atoms with Crippen LogP contribution in [-0.2, 0) is 5.41 Å². The smallest absolute Gasteiger partial charge is 0.276 e. The number of anilines is 1. The zero-order valence-electron chi connectivity index (χ0n) is 14.2. The molecule has 0 aliphatic rings. The van der Waals surface area contributed by atoms with Gasteiger partial charge in [-0.25, -0.2) is 0 Å². The Balaban J connectivity index is 1.87. The number of aromatic nitrogens is 2. The maximum Gasteiger partial charge on any atom is 0.276 e. The summed E-state index contributed by atoms with van der Waals surface area (Å²) in [5.41, 5.74) is 2.43. The Labute approximate surface area is 144 Å². The molecule has 25 heavy (non-hydrogen) atoms. The minimum Gasteiger partial charge on any atom is -0.321 e. The van der Waals surface area contributed by atoms with E-state index in [4.69, 9.17) is 0 Å². The predicted molar refractivity (Wildman–Crippen MR) is 95.8 cm³/mol. The number of nitro groups is 1. The highest BCUT2D eigenvalue weighted by atomic mass is 16.6. The Hall–Kier alpha value is -3.22. The van der Waals surface area contributed by atoms with Gasteiger partial charge in [0.1, 0.15) is 0 Å². The first kappa shape index (κ1) is 16.6. The normalized spacial score (nSPS) is 11.5. The maximum atomic E-state index is 12.5. The van der Waals surface area contributed by atoms with Crippen LogP contribution >= 0.6 is 0 Å². The van der Waals surface area contributed by atoms with Crippen molar-refractivity contribution in [1.82, 2.24) is 10.2 Å². The summed E-state index contributed by atoms with van der Waals surface area (Å²) in [5.74, 6) is -0.421. The van der Waals surface area contributed by atoms with E-state index in [2.05, 4.69) is 36.3 Å². The van der Waals surface area contributed by atoms with Gasteiger partial charge in [0.2, 0.25) is 0 Å². The van der Waals surface area contributed by atoms with Gasteiger partial charge in [-0.05, 0) is 29.2 Å². The van der Waals surface area contributed by atoms with Gasteiger partial charge in [0.15, 0.2) is 5.69 Å². The first-order valence-corrected chi connectivity index (χ1v) is 7.80. The number of rotatable bonds is 3. The fourth-order valence-electron chi connectivity index (χ4n) is 2.53. The van der Waals surface area contributed by atoms with Crippen molar-refractivity contribution in [3.05, 3.63) is 63.8 Å². The highest BCUT2D eigenvalue weighted by Gasteiger charge is 2.18. The highest BCUT2D eigenvalue weighted by molar-refractivity contribution is 6.11. The van der Waals surface area contributed by atoms with Gasteiger partial charge in [-0.2, -0.15) is 5.10 Å². The molecule has 0 spiro atoms. The second-order valence-electron chi connectivity index (χ2n) is 6.84. The van der Waals surface area contributed by atoms with E-state index in [0.29, 0.717) is 16.6 Å². The molecule has 2 aromatic carbocycles. The number of amides is 1. The van der Waals surface area contributed by atoms with Crippen LogP contribution in [0.25, 0.3) is 10.9 Å². The van der Waals surface area contributed by atoms with Gasteiger partial charge in [0.05, 0.1) is 10.4 Å². The third-order valence-corrected chi connectivity index (χ3v) is 3.98. The standard InChI is InChI=1S/C18H18N4O3/c1-18(2,3)11-4-6-12(7-5-11)19-17(23)16-14-10-13(22(24)25)8-9-15(14)20-21-16/h4-10H,1-3H3,(H,19,23)(H,20,21). The molecule has 0 bridgehead atoms. The number of nitrogens with one attached hydrogen (secondary N) is 2. The molecule has 1 heterocycles. The first-order chi connectivity index (χ1) is 11.8. The van der Waals surface area contributed by atoms with E-state index in [9.17, 15) is 14.9 Å². The van der Waals surface area contributed by atoms with Crippen LogP contribution in [0.15, 0.2) is 42.5 Å². The molecule has 7 heteroatoms. The number of nitro benzene ring substituents is 1. The monoisotopic (exact) mass is 338 g/mol. The molecule has 0 atom stereocenters. The molecule has 1 amide bonds. The second kappa shape index (κ2) is 6.01. The molecule has 0 radical (unpaired) electrons. The summed E-state index contributed by atoms with van der Waals surface area (Å²) < 4.78 is 0. The lowest BCUT2D eigenvalue weighted by Crippen LogP contribution is -2.14. The van der Waals surface area contributed by atoms with E-state index in [1.165, 1.54) is 18.2 Å². The Bertz CT molecular complexity index is 953. The van der Waals surface area contributed by atoms with E-state index in [1.807, 2.05) is 24.3 Å². The van der Waals surface area contributed by atoms with Crippen molar-refractivity contribution in [2.45, 2.75) is 26.2 Å². The minimum atomic E-state index is -0.501. The third kappa shape index (κ3) is 3.35. The van der Waals surface area contributed by atoms with Crippen molar-refractivity contribution < 1.29 is 9.72 Å². The topological polar surface area (TPSA) is 101 Å². The average Bonchev–Trinajstić information content (AvgIpc) is 2.97. The van der Waals surface area contributed by atoms with Crippen LogP contribution in [0, 0.1) is 10.1 Å². The van der Waals surface area contributed by atoms with Crippen LogP contribution in [-0.4, -0.2) is 21.0 Å². The van der Waals surface area contributed by atoms with E-state index >= 15 is 0 Å². The van der Waals surface area contributed by atoms with Gasteiger partial charge in [-0.3, -0.25) is 20.0 Å². The van der Waals surface area contributed by atoms with Crippen LogP contribution in [0.1, 0.15) is 36.8 Å². The number of non-ortho nitro benzene ring substituents is 1. The summed E-state index contributed by atoms with van der Waals surface area (Å²) in [5, 5.41) is 20.8. The van der Waals surface area contributed by atoms with E-state index in [0.717, 1.165) is 5.56 Å². The average molecular weight is 338 g/mol. The van der Waals surface area contributed by atoms with Gasteiger partial charge in [-0.15, -0.1) is 0 Å². The number of H-pyrrole nitrogens is 1. The van der Waals surface area contributed by atoms with Crippen molar-refractivity contribution in [2.75, 3.05) is 5.32 Å². The Morgan fingerprint density at radius 1 is 1.16 bits per heavy atom. The summed E-state index contributed by atoms with van der Waals surface area (Å²) in [6.45, 7) is 6.34. The van der Waals surface area contributed by atoms with Crippen molar-refractivity contribution in [3.63, 3.8) is 0 Å². The van der Waals surface area contributed by atoms with Gasteiger partial charge in [0, 0.05) is 23.2 Å². The van der Waals surface area contributed by atoms with Crippen molar-refractivity contribution in [1.29, 1.82) is 0 Å². The van der Waals surface area contributed by atoms with Crippen LogP contribution in [0.5, 0.6) is 0 Å². The lowest BCUT2D eigenvalue weighted by molar-refractivity contribution is -0.384. The van der Waals surface area contributed by atoms with Crippen molar-refractivity contribution >= 4 is 28.2 Å². The van der Waals surface area contributed by atoms with E-state index in [1.54, 1.807) is 0 Å². The summed E-state index contributed by atoms with van der Waals surface area (Å²) >= 11 is 0. The molecule has 0 aliphatic carbocycles. The van der Waals surface area contributed by atoms with Crippen LogP contribution in [0.2, 0.25) is 0 Å². The Morgan fingerprint density at radius 3 is 2.44 bits per heavy atom. The number of benzene rings is 2. The summed E-state index contributed by atoms with van der Waals surface area (Å²) in [4.78, 5) is 22.9. The number of hydrogen-bond donors (Lipinski definition) is 2. The Kier molecular flexibility index (Phi) is 4.00. The number of nitrogens with zero attached hydrogens (tertiary/aromatic N) is 2. The molecule has 7 nitrogen and oxygen atoms in total. The van der Waals surface area contributed by atoms with Gasteiger partial charge < -0.3 is 5.32 Å². The van der Waals surface area contributed by atoms with Gasteiger partial charge >= 0.3 is 0 Å². The number of fused-ring (bicyclic) bond motifs is 1. The zero-order valence-corrected chi connectivity index (χ0v) is 14.2. The molecule has 2 N–H and O–H groups in total. The third-order valence-electron chi connectivity index (χ3n) is 3.98. The van der Waals surface area contributed by atoms with E-state index < -0.39 is 10.8 Å². The number of hydrogen-bond acceptors (Lipinski definition) is 4. The predicted octanol–water partition coefficient (Wildman–Crippen LogP) is 4.02. The zero-order chi connectivity index (χ0) is 18.2. The van der Waals surface area contributed by atoms with Crippen LogP contribution in [0.4, 0.5) is 11.4 Å². The quantitative estimate of drug-likeness (QED) is 0.556. The molecule has 3 aromatic rings. The Morgan fingerprint density at radius 2 is 1.84 bits per heavy atom. The summed E-state index contributed by atoms with van der Waals surface area (Å²) in [7, 11) is 0. The molecule has 128 valence electrons. The largest absolute Gasteiger partial charge is 0.321 e. The van der Waals surface area contributed by atoms with E-state index in [-0.39, 0.29) is 16.8 Å². The van der Waals surface area contributed by atoms with Gasteiger partial charge in [0.25, 0.3) is 11.6 Å². The minimum absolute atomic E-state index is 0.0276. The fourth-order valence-corrected chi connectivity index (χ4v) is 2.53. The molecule has 0 aliphatic heterocycles. The number of carbonyl (C=O) groups is 1. The SMILES string of the molecule is CC(C)(C)c1ccc(NC(=O)c2n[nH]c3ccc([N+](=O)[O-])cc23)cc1. The molecule has 0 unspecified atom stereocenters.